The fourth-order valence-corrected chi connectivity index (χ4v) is 3.86. The van der Waals surface area contributed by atoms with Crippen molar-refractivity contribution in [1.82, 2.24) is 4.72 Å². The Morgan fingerprint density at radius 3 is 1.61 bits per heavy atom. The fraction of sp³-hybridized carbons (Fsp3) is 0.538. The molecule has 0 heterocycles. The number of nitrogens with one attached hydrogen (secondary N) is 1. The van der Waals surface area contributed by atoms with Crippen LogP contribution in [0, 0.1) is 0 Å². The van der Waals surface area contributed by atoms with E-state index in [9.17, 15) is 8.42 Å². The van der Waals surface area contributed by atoms with Crippen molar-refractivity contribution >= 4 is 20.1 Å². The van der Waals surface area contributed by atoms with Gasteiger partial charge in [0.05, 0.1) is 4.90 Å². The molecule has 0 aromatic heterocycles. The van der Waals surface area contributed by atoms with Crippen LogP contribution in [-0.4, -0.2) is 32.7 Å². The number of hydrogen-bond donors (Lipinski definition) is 1. The first kappa shape index (κ1) is 15.5. The quantitative estimate of drug-likeness (QED) is 0.930. The topological polar surface area (TPSA) is 46.2 Å². The van der Waals surface area contributed by atoms with Crippen LogP contribution in [0.15, 0.2) is 34.1 Å². The van der Waals surface area contributed by atoms with Crippen molar-refractivity contribution in [3.8, 4) is 0 Å². The molecule has 0 saturated heterocycles. The summed E-state index contributed by atoms with van der Waals surface area (Å²) < 4.78 is 26.9. The molecule has 104 valence electrons. The van der Waals surface area contributed by atoms with Gasteiger partial charge in [0.25, 0.3) is 0 Å². The van der Waals surface area contributed by atoms with E-state index in [4.69, 9.17) is 0 Å². The highest BCUT2D eigenvalue weighted by Gasteiger charge is 2.22. The number of sulfonamides is 1. The van der Waals surface area contributed by atoms with Crippen LogP contribution in [0.4, 0.5) is 0 Å². The molecule has 0 fully saturated rings. The predicted octanol–water partition coefficient (Wildman–Crippen LogP) is 2.82. The van der Waals surface area contributed by atoms with Crippen molar-refractivity contribution in [3.63, 3.8) is 0 Å². The minimum absolute atomic E-state index is 0.324. The van der Waals surface area contributed by atoms with E-state index in [-0.39, 0.29) is 0 Å². The molecule has 18 heavy (non-hydrogen) atoms. The Hall–Kier alpha value is -0.520. The van der Waals surface area contributed by atoms with E-state index in [1.807, 2.05) is 32.9 Å². The van der Waals surface area contributed by atoms with Gasteiger partial charge in [-0.2, -0.15) is 0 Å². The molecule has 0 radical (unpaired) electrons. The minimum Gasteiger partial charge on any atom is -0.223 e. The van der Waals surface area contributed by atoms with Crippen molar-refractivity contribution in [1.29, 1.82) is 0 Å². The Bertz CT molecular complexity index is 505. The molecule has 0 amide bonds. The first-order valence-corrected chi connectivity index (χ1v) is 10.1. The second-order valence-electron chi connectivity index (χ2n) is 6.16. The number of hydrogen-bond acceptors (Lipinski definition) is 2. The lowest BCUT2D eigenvalue weighted by Crippen LogP contribution is -2.40. The van der Waals surface area contributed by atoms with Gasteiger partial charge in [0.15, 0.2) is 0 Å². The molecule has 0 aliphatic rings. The first-order chi connectivity index (χ1) is 7.92. The van der Waals surface area contributed by atoms with Gasteiger partial charge < -0.3 is 0 Å². The average molecular weight is 289 g/mol. The second kappa shape index (κ2) is 4.87. The average Bonchev–Trinajstić information content (AvgIpc) is 2.13. The van der Waals surface area contributed by atoms with Crippen molar-refractivity contribution in [2.45, 2.75) is 36.1 Å². The summed E-state index contributed by atoms with van der Waals surface area (Å²) in [5.41, 5.74) is -0.465. The highest BCUT2D eigenvalue weighted by atomic mass is 32.3. The van der Waals surface area contributed by atoms with Crippen molar-refractivity contribution in [3.05, 3.63) is 24.3 Å². The summed E-state index contributed by atoms with van der Waals surface area (Å²) in [4.78, 5) is 1.53. The van der Waals surface area contributed by atoms with Crippen molar-refractivity contribution in [2.24, 2.45) is 0 Å². The Labute approximate surface area is 112 Å². The van der Waals surface area contributed by atoms with Gasteiger partial charge in [0.1, 0.15) is 0 Å². The van der Waals surface area contributed by atoms with E-state index in [1.54, 1.807) is 12.1 Å². The third-order valence-corrected chi connectivity index (χ3v) is 5.74. The Balaban J connectivity index is 3.06. The van der Waals surface area contributed by atoms with Crippen LogP contribution in [0.3, 0.4) is 0 Å². The Kier molecular flexibility index (Phi) is 4.20. The van der Waals surface area contributed by atoms with Gasteiger partial charge in [-0.25, -0.2) is 23.2 Å². The van der Waals surface area contributed by atoms with E-state index in [1.165, 1.54) is 4.90 Å². The zero-order valence-electron chi connectivity index (χ0n) is 11.9. The molecule has 0 saturated carbocycles. The zero-order chi connectivity index (χ0) is 14.2. The molecule has 0 aliphatic heterocycles. The van der Waals surface area contributed by atoms with E-state index >= 15 is 0 Å². The zero-order valence-corrected chi connectivity index (χ0v) is 13.6. The number of rotatable bonds is 3. The molecule has 0 bridgehead atoms. The summed E-state index contributed by atoms with van der Waals surface area (Å²) >= 11 is 0. The smallest absolute Gasteiger partial charge is 0.223 e. The molecule has 0 unspecified atom stereocenters. The van der Waals surface area contributed by atoms with Crippen LogP contribution < -0.4 is 4.72 Å². The summed E-state index contributed by atoms with van der Waals surface area (Å²) in [5, 5.41) is 0. The Morgan fingerprint density at radius 1 is 0.889 bits per heavy atom. The maximum absolute atomic E-state index is 12.1. The maximum atomic E-state index is 12.1. The third-order valence-electron chi connectivity index (χ3n) is 2.28. The molecule has 1 aromatic carbocycles. The summed E-state index contributed by atoms with van der Waals surface area (Å²) in [6.45, 7) is 5.49. The van der Waals surface area contributed by atoms with Gasteiger partial charge in [-0.3, -0.25) is 0 Å². The lowest BCUT2D eigenvalue weighted by Gasteiger charge is -2.26. The molecule has 1 N–H and O–H groups in total. The van der Waals surface area contributed by atoms with E-state index in [0.717, 1.165) is 0 Å². The van der Waals surface area contributed by atoms with Gasteiger partial charge in [-0.05, 0) is 68.7 Å². The van der Waals surface area contributed by atoms with E-state index in [0.29, 0.717) is 4.90 Å². The predicted molar refractivity (Wildman–Crippen MR) is 80.1 cm³/mol. The molecule has 0 aliphatic carbocycles. The molecule has 0 atom stereocenters. The standard InChI is InChI=1S/C13H23NO2S2/c1-13(2,3)14-18(15,16)12-9-7-11(8-10-12)17(4,5)6/h7-10,14H,1-6H3. The normalized spacial score (nSPS) is 14.6. The van der Waals surface area contributed by atoms with E-state index < -0.39 is 25.6 Å². The molecule has 1 aromatic rings. The van der Waals surface area contributed by atoms with Crippen LogP contribution in [0.2, 0.25) is 0 Å². The molecular formula is C13H23NO2S2. The van der Waals surface area contributed by atoms with Crippen LogP contribution in [0.1, 0.15) is 20.8 Å². The monoisotopic (exact) mass is 289 g/mol. The van der Waals surface area contributed by atoms with Crippen LogP contribution >= 0.6 is 10.0 Å². The summed E-state index contributed by atoms with van der Waals surface area (Å²) in [6.07, 6.45) is 6.55. The van der Waals surface area contributed by atoms with Gasteiger partial charge in [0, 0.05) is 5.54 Å². The van der Waals surface area contributed by atoms with Gasteiger partial charge >= 0.3 is 0 Å². The van der Waals surface area contributed by atoms with Gasteiger partial charge in [-0.15, -0.1) is 0 Å². The molecule has 0 spiro atoms. The summed E-state index contributed by atoms with van der Waals surface area (Å²) in [7, 11) is -4.24. The highest BCUT2D eigenvalue weighted by molar-refractivity contribution is 8.32. The van der Waals surface area contributed by atoms with Gasteiger partial charge in [-0.1, -0.05) is 0 Å². The minimum atomic E-state index is -3.42. The highest BCUT2D eigenvalue weighted by Crippen LogP contribution is 2.44. The Morgan fingerprint density at radius 2 is 1.28 bits per heavy atom. The third kappa shape index (κ3) is 4.30. The fourth-order valence-electron chi connectivity index (χ4n) is 1.49. The second-order valence-corrected chi connectivity index (χ2v) is 12.0. The number of benzene rings is 1. The van der Waals surface area contributed by atoms with Crippen LogP contribution in [0.5, 0.6) is 0 Å². The molecule has 3 nitrogen and oxygen atoms in total. The molecule has 5 heteroatoms. The maximum Gasteiger partial charge on any atom is 0.241 e. The van der Waals surface area contributed by atoms with Crippen molar-refractivity contribution in [2.75, 3.05) is 18.8 Å². The summed E-state index contributed by atoms with van der Waals surface area (Å²) in [6, 6.07) is 7.18. The van der Waals surface area contributed by atoms with Crippen LogP contribution in [0.25, 0.3) is 0 Å². The summed E-state index contributed by atoms with van der Waals surface area (Å²) in [5.74, 6) is 0. The van der Waals surface area contributed by atoms with E-state index in [2.05, 4.69) is 23.5 Å². The lowest BCUT2D eigenvalue weighted by molar-refractivity contribution is 0.491. The molecule has 1 rings (SSSR count). The molecular weight excluding hydrogens is 266 g/mol. The lowest BCUT2D eigenvalue weighted by atomic mass is 10.1. The SMILES string of the molecule is CC(C)(C)NS(=O)(=O)c1ccc(S(C)(C)C)cc1. The van der Waals surface area contributed by atoms with Crippen LogP contribution in [-0.2, 0) is 10.0 Å². The largest absolute Gasteiger partial charge is 0.241 e. The van der Waals surface area contributed by atoms with Crippen molar-refractivity contribution < 1.29 is 8.42 Å². The van der Waals surface area contributed by atoms with Gasteiger partial charge in [0.2, 0.25) is 10.0 Å². The first-order valence-electron chi connectivity index (χ1n) is 5.74.